The largest absolute Gasteiger partial charge is 0.497 e. The zero-order valence-electron chi connectivity index (χ0n) is 13.7. The lowest BCUT2D eigenvalue weighted by atomic mass is 9.91. The van der Waals surface area contributed by atoms with Gasteiger partial charge in [0.25, 0.3) is 0 Å². The Hall–Kier alpha value is -0.980. The van der Waals surface area contributed by atoms with Gasteiger partial charge in [0.1, 0.15) is 5.75 Å². The van der Waals surface area contributed by atoms with Gasteiger partial charge in [0.2, 0.25) is 0 Å². The molecule has 1 atom stereocenters. The summed E-state index contributed by atoms with van der Waals surface area (Å²) in [5, 5.41) is 0. The number of unbranched alkanes of at least 4 members (excludes halogenated alkanes) is 6. The van der Waals surface area contributed by atoms with Crippen LogP contribution >= 0.6 is 0 Å². The fraction of sp³-hybridized carbons (Fsp3) is 0.684. The highest BCUT2D eigenvalue weighted by Crippen LogP contribution is 2.27. The molecule has 0 N–H and O–H groups in total. The molecule has 1 unspecified atom stereocenters. The average Bonchev–Trinajstić information content (AvgIpc) is 2.50. The van der Waals surface area contributed by atoms with Crippen molar-refractivity contribution in [1.29, 1.82) is 0 Å². The monoisotopic (exact) mass is 276 g/mol. The van der Waals surface area contributed by atoms with Crippen LogP contribution in [-0.4, -0.2) is 7.11 Å². The number of methoxy groups -OCH3 is 1. The normalized spacial score (nSPS) is 12.3. The summed E-state index contributed by atoms with van der Waals surface area (Å²) in [5.74, 6) is 1.68. The van der Waals surface area contributed by atoms with Crippen LogP contribution in [0.2, 0.25) is 0 Å². The van der Waals surface area contributed by atoms with Gasteiger partial charge in [-0.2, -0.15) is 0 Å². The van der Waals surface area contributed by atoms with Gasteiger partial charge in [0, 0.05) is 0 Å². The van der Waals surface area contributed by atoms with Crippen molar-refractivity contribution in [2.45, 2.75) is 77.6 Å². The third kappa shape index (κ3) is 6.45. The Balaban J connectivity index is 2.24. The van der Waals surface area contributed by atoms with Gasteiger partial charge in [-0.05, 0) is 36.5 Å². The Morgan fingerprint density at radius 2 is 1.45 bits per heavy atom. The third-order valence-electron chi connectivity index (χ3n) is 4.24. The molecule has 0 saturated carbocycles. The van der Waals surface area contributed by atoms with E-state index in [9.17, 15) is 0 Å². The summed E-state index contributed by atoms with van der Waals surface area (Å²) in [6.45, 7) is 4.58. The number of benzene rings is 1. The van der Waals surface area contributed by atoms with Gasteiger partial charge in [0.15, 0.2) is 0 Å². The Kier molecular flexibility index (Phi) is 9.19. The van der Waals surface area contributed by atoms with E-state index in [4.69, 9.17) is 4.74 Å². The maximum atomic E-state index is 5.23. The predicted molar refractivity (Wildman–Crippen MR) is 88.6 cm³/mol. The topological polar surface area (TPSA) is 9.23 Å². The molecule has 1 nitrogen and oxygen atoms in total. The van der Waals surface area contributed by atoms with E-state index in [0.717, 1.165) is 11.7 Å². The Labute approximate surface area is 125 Å². The van der Waals surface area contributed by atoms with Crippen molar-refractivity contribution in [2.24, 2.45) is 0 Å². The molecule has 0 aliphatic heterocycles. The van der Waals surface area contributed by atoms with E-state index in [0.29, 0.717) is 0 Å². The SMILES string of the molecule is CCCCCCCCCC(CC)c1ccc(OC)cc1. The summed E-state index contributed by atoms with van der Waals surface area (Å²) in [5.41, 5.74) is 1.47. The van der Waals surface area contributed by atoms with Gasteiger partial charge in [-0.25, -0.2) is 0 Å². The van der Waals surface area contributed by atoms with Crippen LogP contribution in [0.25, 0.3) is 0 Å². The van der Waals surface area contributed by atoms with Crippen molar-refractivity contribution in [3.05, 3.63) is 29.8 Å². The second-order valence-corrected chi connectivity index (χ2v) is 5.79. The van der Waals surface area contributed by atoms with E-state index in [-0.39, 0.29) is 0 Å². The molecule has 0 fully saturated rings. The fourth-order valence-electron chi connectivity index (χ4n) is 2.83. The van der Waals surface area contributed by atoms with Gasteiger partial charge in [-0.15, -0.1) is 0 Å². The van der Waals surface area contributed by atoms with Crippen molar-refractivity contribution in [1.82, 2.24) is 0 Å². The molecule has 0 bridgehead atoms. The summed E-state index contributed by atoms with van der Waals surface area (Å²) >= 11 is 0. The zero-order chi connectivity index (χ0) is 14.6. The summed E-state index contributed by atoms with van der Waals surface area (Å²) in [6.07, 6.45) is 12.4. The van der Waals surface area contributed by atoms with Crippen LogP contribution < -0.4 is 4.74 Å². The smallest absolute Gasteiger partial charge is 0.118 e. The number of ether oxygens (including phenoxy) is 1. The van der Waals surface area contributed by atoms with Gasteiger partial charge in [-0.1, -0.05) is 70.9 Å². The fourth-order valence-corrected chi connectivity index (χ4v) is 2.83. The summed E-state index contributed by atoms with van der Waals surface area (Å²) in [6, 6.07) is 8.63. The lowest BCUT2D eigenvalue weighted by Gasteiger charge is -2.15. The van der Waals surface area contributed by atoms with Crippen LogP contribution in [0.4, 0.5) is 0 Å². The molecule has 0 aromatic heterocycles. The molecular weight excluding hydrogens is 244 g/mol. The van der Waals surface area contributed by atoms with E-state index >= 15 is 0 Å². The van der Waals surface area contributed by atoms with Crippen LogP contribution in [0.1, 0.15) is 83.1 Å². The summed E-state index contributed by atoms with van der Waals surface area (Å²) < 4.78 is 5.23. The van der Waals surface area contributed by atoms with E-state index in [1.807, 2.05) is 0 Å². The first-order valence-corrected chi connectivity index (χ1v) is 8.45. The van der Waals surface area contributed by atoms with Crippen LogP contribution in [-0.2, 0) is 0 Å². The number of rotatable bonds is 11. The van der Waals surface area contributed by atoms with Gasteiger partial charge >= 0.3 is 0 Å². The number of hydrogen-bond donors (Lipinski definition) is 0. The zero-order valence-corrected chi connectivity index (χ0v) is 13.7. The molecule has 1 heteroatoms. The second-order valence-electron chi connectivity index (χ2n) is 5.79. The van der Waals surface area contributed by atoms with Crippen molar-refractivity contribution in [2.75, 3.05) is 7.11 Å². The highest BCUT2D eigenvalue weighted by atomic mass is 16.5. The maximum Gasteiger partial charge on any atom is 0.118 e. The molecule has 1 aromatic carbocycles. The van der Waals surface area contributed by atoms with Crippen molar-refractivity contribution < 1.29 is 4.74 Å². The summed E-state index contributed by atoms with van der Waals surface area (Å²) in [4.78, 5) is 0. The van der Waals surface area contributed by atoms with E-state index in [1.165, 1.54) is 63.4 Å². The highest BCUT2D eigenvalue weighted by molar-refractivity contribution is 5.29. The molecule has 0 spiro atoms. The molecule has 0 radical (unpaired) electrons. The first-order chi connectivity index (χ1) is 9.81. The minimum absolute atomic E-state index is 0.719. The van der Waals surface area contributed by atoms with Crippen molar-refractivity contribution >= 4 is 0 Å². The van der Waals surface area contributed by atoms with Crippen LogP contribution in [0.3, 0.4) is 0 Å². The standard InChI is InChI=1S/C19H32O/c1-4-6-7-8-9-10-11-12-17(5-2)18-13-15-19(20-3)16-14-18/h13-17H,4-12H2,1-3H3. The molecule has 1 aromatic rings. The van der Waals surface area contributed by atoms with Crippen LogP contribution in [0, 0.1) is 0 Å². The minimum atomic E-state index is 0.719. The van der Waals surface area contributed by atoms with Crippen molar-refractivity contribution in [3.63, 3.8) is 0 Å². The second kappa shape index (κ2) is 10.8. The molecule has 1 rings (SSSR count). The predicted octanol–water partition coefficient (Wildman–Crippen LogP) is 6.33. The van der Waals surface area contributed by atoms with Crippen molar-refractivity contribution in [3.8, 4) is 5.75 Å². The molecule has 20 heavy (non-hydrogen) atoms. The molecular formula is C19H32O. The molecule has 114 valence electrons. The minimum Gasteiger partial charge on any atom is -0.497 e. The Bertz CT molecular complexity index is 328. The molecule has 0 saturated heterocycles. The molecule has 0 aliphatic rings. The van der Waals surface area contributed by atoms with E-state index in [1.54, 1.807) is 7.11 Å². The first kappa shape index (κ1) is 17.1. The molecule has 0 heterocycles. The van der Waals surface area contributed by atoms with Gasteiger partial charge in [0.05, 0.1) is 7.11 Å². The Morgan fingerprint density at radius 1 is 0.850 bits per heavy atom. The van der Waals surface area contributed by atoms with E-state index < -0.39 is 0 Å². The maximum absolute atomic E-state index is 5.23. The lowest BCUT2D eigenvalue weighted by Crippen LogP contribution is -1.97. The lowest BCUT2D eigenvalue weighted by molar-refractivity contribution is 0.414. The quantitative estimate of drug-likeness (QED) is 0.429. The van der Waals surface area contributed by atoms with Gasteiger partial charge < -0.3 is 4.74 Å². The average molecular weight is 276 g/mol. The molecule has 0 amide bonds. The highest BCUT2D eigenvalue weighted by Gasteiger charge is 2.09. The van der Waals surface area contributed by atoms with E-state index in [2.05, 4.69) is 38.1 Å². The Morgan fingerprint density at radius 3 is 2.00 bits per heavy atom. The number of hydrogen-bond acceptors (Lipinski definition) is 1. The van der Waals surface area contributed by atoms with Crippen LogP contribution in [0.5, 0.6) is 5.75 Å². The summed E-state index contributed by atoms with van der Waals surface area (Å²) in [7, 11) is 1.73. The third-order valence-corrected chi connectivity index (χ3v) is 4.24. The first-order valence-electron chi connectivity index (χ1n) is 8.45. The van der Waals surface area contributed by atoms with Gasteiger partial charge in [-0.3, -0.25) is 0 Å². The molecule has 0 aliphatic carbocycles. The van der Waals surface area contributed by atoms with Crippen LogP contribution in [0.15, 0.2) is 24.3 Å².